The number of nitrogens with one attached hydrogen (secondary N) is 1. The predicted octanol–water partition coefficient (Wildman–Crippen LogP) is 5.33. The number of imidazole rings is 1. The lowest BCUT2D eigenvalue weighted by molar-refractivity contribution is 0.0691. The van der Waals surface area contributed by atoms with E-state index >= 15 is 0 Å². The highest BCUT2D eigenvalue weighted by Crippen LogP contribution is 2.33. The van der Waals surface area contributed by atoms with Gasteiger partial charge in [0.05, 0.1) is 24.6 Å². The number of benzene rings is 2. The zero-order chi connectivity index (χ0) is 21.5. The van der Waals surface area contributed by atoms with Gasteiger partial charge in [-0.05, 0) is 41.7 Å². The Morgan fingerprint density at radius 2 is 2.03 bits per heavy atom. The van der Waals surface area contributed by atoms with Gasteiger partial charge in [0.25, 0.3) is 0 Å². The average Bonchev–Trinajstić information content (AvgIpc) is 3.49. The van der Waals surface area contributed by atoms with Gasteiger partial charge in [-0.15, -0.1) is 0 Å². The molecule has 6 heteroatoms. The molecule has 4 rings (SSSR count). The van der Waals surface area contributed by atoms with Gasteiger partial charge in [-0.2, -0.15) is 0 Å². The van der Waals surface area contributed by atoms with Crippen molar-refractivity contribution in [3.8, 4) is 0 Å². The summed E-state index contributed by atoms with van der Waals surface area (Å²) >= 11 is 0. The van der Waals surface area contributed by atoms with Crippen molar-refractivity contribution in [3.63, 3.8) is 0 Å². The monoisotopic (exact) mass is 421 g/mol. The van der Waals surface area contributed by atoms with Crippen LogP contribution < -0.4 is 0 Å². The molecule has 0 radical (unpaired) electrons. The first-order chi connectivity index (χ1) is 15.2. The number of halogens is 1. The van der Waals surface area contributed by atoms with Crippen LogP contribution in [-0.4, -0.2) is 28.2 Å². The maximum atomic E-state index is 14.2. The Labute approximate surface area is 182 Å². The number of ether oxygens (including phenoxy) is 2. The molecule has 0 fully saturated rings. The molecule has 0 bridgehead atoms. The van der Waals surface area contributed by atoms with E-state index in [0.717, 1.165) is 41.8 Å². The maximum Gasteiger partial charge on any atom is 0.229 e. The first-order valence-electron chi connectivity index (χ1n) is 10.7. The van der Waals surface area contributed by atoms with Gasteiger partial charge >= 0.3 is 0 Å². The number of aromatic nitrogens is 2. The van der Waals surface area contributed by atoms with Crippen molar-refractivity contribution in [1.82, 2.24) is 14.9 Å². The quantitative estimate of drug-likeness (QED) is 0.481. The molecule has 0 spiro atoms. The maximum absolute atomic E-state index is 14.2. The van der Waals surface area contributed by atoms with Gasteiger partial charge in [0.15, 0.2) is 0 Å². The number of hydrogen-bond acceptors (Lipinski definition) is 4. The Balaban J connectivity index is 1.76. The summed E-state index contributed by atoms with van der Waals surface area (Å²) < 4.78 is 25.1. The van der Waals surface area contributed by atoms with Crippen LogP contribution in [0, 0.1) is 5.82 Å². The number of hydrogen-bond donors (Lipinski definition) is 1. The zero-order valence-electron chi connectivity index (χ0n) is 17.8. The van der Waals surface area contributed by atoms with E-state index in [1.807, 2.05) is 30.5 Å². The van der Waals surface area contributed by atoms with Crippen molar-refractivity contribution in [2.75, 3.05) is 13.3 Å². The van der Waals surface area contributed by atoms with Crippen molar-refractivity contribution < 1.29 is 13.9 Å². The number of aromatic amines is 1. The molecule has 1 aliphatic rings. The van der Waals surface area contributed by atoms with Crippen LogP contribution in [0.3, 0.4) is 0 Å². The predicted molar refractivity (Wildman–Crippen MR) is 117 cm³/mol. The summed E-state index contributed by atoms with van der Waals surface area (Å²) in [7, 11) is 0. The van der Waals surface area contributed by atoms with Crippen LogP contribution in [-0.2, 0) is 22.4 Å². The fourth-order valence-electron chi connectivity index (χ4n) is 4.01. The Bertz CT molecular complexity index is 989. The normalized spacial score (nSPS) is 14.2. The molecule has 0 amide bonds. The summed E-state index contributed by atoms with van der Waals surface area (Å²) in [6.45, 7) is 3.64. The lowest BCUT2D eigenvalue weighted by Gasteiger charge is -2.32. The third kappa shape index (κ3) is 5.33. The van der Waals surface area contributed by atoms with Gasteiger partial charge in [0, 0.05) is 12.7 Å². The van der Waals surface area contributed by atoms with E-state index in [0.29, 0.717) is 13.1 Å². The van der Waals surface area contributed by atoms with E-state index in [1.54, 1.807) is 24.7 Å². The van der Waals surface area contributed by atoms with Crippen LogP contribution >= 0.6 is 0 Å². The van der Waals surface area contributed by atoms with E-state index in [2.05, 4.69) is 33.9 Å². The van der Waals surface area contributed by atoms with Crippen LogP contribution in [0.2, 0.25) is 0 Å². The van der Waals surface area contributed by atoms with Crippen LogP contribution in [0.1, 0.15) is 48.2 Å². The van der Waals surface area contributed by atoms with Crippen LogP contribution in [0.5, 0.6) is 0 Å². The van der Waals surface area contributed by atoms with Gasteiger partial charge in [0.2, 0.25) is 6.79 Å². The average molecular weight is 422 g/mol. The number of aryl methyl sites for hydroxylation is 1. The summed E-state index contributed by atoms with van der Waals surface area (Å²) in [4.78, 5) is 9.87. The highest BCUT2D eigenvalue weighted by molar-refractivity contribution is 5.36. The summed E-state index contributed by atoms with van der Waals surface area (Å²) in [5, 5.41) is 0. The summed E-state index contributed by atoms with van der Waals surface area (Å²) in [6.07, 6.45) is 8.09. The molecular weight excluding hydrogens is 393 g/mol. The minimum absolute atomic E-state index is 0.139. The fourth-order valence-corrected chi connectivity index (χ4v) is 4.01. The number of rotatable bonds is 10. The Morgan fingerprint density at radius 3 is 2.74 bits per heavy atom. The summed E-state index contributed by atoms with van der Waals surface area (Å²) in [5.74, 6) is 0.570. The smallest absolute Gasteiger partial charge is 0.229 e. The highest BCUT2D eigenvalue weighted by atomic mass is 19.1. The molecule has 31 heavy (non-hydrogen) atoms. The summed E-state index contributed by atoms with van der Waals surface area (Å²) in [5.41, 5.74) is 4.25. The highest BCUT2D eigenvalue weighted by Gasteiger charge is 2.28. The Morgan fingerprint density at radius 1 is 1.16 bits per heavy atom. The van der Waals surface area contributed by atoms with E-state index in [1.165, 1.54) is 5.56 Å². The first-order valence-corrected chi connectivity index (χ1v) is 10.7. The second-order valence-electron chi connectivity index (χ2n) is 7.76. The van der Waals surface area contributed by atoms with E-state index in [9.17, 15) is 4.39 Å². The fraction of sp³-hybridized carbons (Fsp3) is 0.320. The largest absolute Gasteiger partial charge is 0.462 e. The first kappa shape index (κ1) is 21.1. The van der Waals surface area contributed by atoms with Crippen molar-refractivity contribution >= 4 is 0 Å². The topological polar surface area (TPSA) is 50.4 Å². The molecule has 0 aliphatic carbocycles. The molecule has 5 nitrogen and oxygen atoms in total. The lowest BCUT2D eigenvalue weighted by Crippen LogP contribution is -2.32. The van der Waals surface area contributed by atoms with E-state index in [-0.39, 0.29) is 18.7 Å². The number of unbranched alkanes of at least 4 members (excludes halogenated alkanes) is 1. The van der Waals surface area contributed by atoms with Crippen molar-refractivity contribution in [2.45, 2.75) is 38.8 Å². The third-order valence-corrected chi connectivity index (χ3v) is 5.49. The molecule has 162 valence electrons. The minimum atomic E-state index is -0.206. The molecular formula is C25H28FN3O2. The van der Waals surface area contributed by atoms with Gasteiger partial charge in [0.1, 0.15) is 17.8 Å². The lowest BCUT2D eigenvalue weighted by atomic mass is 9.93. The Kier molecular flexibility index (Phi) is 6.99. The number of nitrogens with zero attached hydrogens (tertiary/aromatic N) is 2. The molecule has 3 aromatic rings. The van der Waals surface area contributed by atoms with Crippen LogP contribution in [0.4, 0.5) is 4.39 Å². The zero-order valence-corrected chi connectivity index (χ0v) is 17.8. The molecule has 1 aliphatic heterocycles. The minimum Gasteiger partial charge on any atom is -0.462 e. The standard InChI is InChI=1S/C25H28FN3O2/c1-2-3-9-20-12-21(26)10-11-23(20)25(24-13-27-17-28-24)29(15-22-16-30-18-31-22)14-19-7-5-4-6-8-19/h4-8,10-13,16-17,25H,2-3,9,14-15,18H2,1H3,(H,27,28). The van der Waals surface area contributed by atoms with Crippen LogP contribution in [0.15, 0.2) is 73.1 Å². The second-order valence-corrected chi connectivity index (χ2v) is 7.76. The third-order valence-electron chi connectivity index (χ3n) is 5.49. The summed E-state index contributed by atoms with van der Waals surface area (Å²) in [6, 6.07) is 15.3. The number of H-pyrrole nitrogens is 1. The molecule has 1 unspecified atom stereocenters. The van der Waals surface area contributed by atoms with Gasteiger partial charge < -0.3 is 14.5 Å². The van der Waals surface area contributed by atoms with Crippen LogP contribution in [0.25, 0.3) is 0 Å². The second kappa shape index (κ2) is 10.3. The van der Waals surface area contributed by atoms with E-state index in [4.69, 9.17) is 9.47 Å². The molecule has 1 N–H and O–H groups in total. The Hall–Kier alpha value is -3.12. The molecule has 2 heterocycles. The molecule has 1 aromatic heterocycles. The van der Waals surface area contributed by atoms with Gasteiger partial charge in [-0.25, -0.2) is 9.37 Å². The van der Waals surface area contributed by atoms with E-state index < -0.39 is 0 Å². The molecule has 0 saturated carbocycles. The van der Waals surface area contributed by atoms with Crippen molar-refractivity contribution in [1.29, 1.82) is 0 Å². The van der Waals surface area contributed by atoms with Crippen molar-refractivity contribution in [2.24, 2.45) is 0 Å². The molecule has 2 aromatic carbocycles. The van der Waals surface area contributed by atoms with Gasteiger partial charge in [-0.3, -0.25) is 4.90 Å². The van der Waals surface area contributed by atoms with Crippen molar-refractivity contribution in [3.05, 3.63) is 101 Å². The SMILES string of the molecule is CCCCc1cc(F)ccc1C(c1cnc[nH]1)N(CC1=COCO1)Cc1ccccc1. The van der Waals surface area contributed by atoms with Gasteiger partial charge in [-0.1, -0.05) is 49.7 Å². The molecule has 0 saturated heterocycles. The molecule has 1 atom stereocenters.